The van der Waals surface area contributed by atoms with Crippen LogP contribution in [0.15, 0.2) is 16.5 Å². The van der Waals surface area contributed by atoms with Crippen LogP contribution in [0.3, 0.4) is 0 Å². The van der Waals surface area contributed by atoms with Gasteiger partial charge in [-0.3, -0.25) is 4.79 Å². The number of hydrogen-bond donors (Lipinski definition) is 2. The number of amides is 1. The lowest BCUT2D eigenvalue weighted by molar-refractivity contribution is 0.0553. The Morgan fingerprint density at radius 3 is 2.77 bits per heavy atom. The van der Waals surface area contributed by atoms with E-state index in [1.54, 1.807) is 0 Å². The van der Waals surface area contributed by atoms with Crippen LogP contribution in [-0.4, -0.2) is 60.6 Å². The number of nitrogens with zero attached hydrogens (tertiary/aromatic N) is 3. The molecule has 1 aromatic heterocycles. The van der Waals surface area contributed by atoms with Gasteiger partial charge in [0.1, 0.15) is 5.52 Å². The summed E-state index contributed by atoms with van der Waals surface area (Å²) in [6.07, 6.45) is 6.97. The predicted molar refractivity (Wildman–Crippen MR) is 118 cm³/mol. The predicted octanol–water partition coefficient (Wildman–Crippen LogP) is 2.85. The van der Waals surface area contributed by atoms with E-state index in [-0.39, 0.29) is 0 Å². The number of aromatic nitrogens is 1. The smallest absolute Gasteiger partial charge is 0.298 e. The van der Waals surface area contributed by atoms with Crippen LogP contribution in [0.1, 0.15) is 67.3 Å². The van der Waals surface area contributed by atoms with E-state index in [2.05, 4.69) is 35.2 Å². The number of nitrogens with two attached hydrogens (primary N) is 1. The molecule has 3 aliphatic rings. The summed E-state index contributed by atoms with van der Waals surface area (Å²) >= 11 is 0. The number of hydrogen-bond acceptors (Lipinski definition) is 6. The van der Waals surface area contributed by atoms with Crippen LogP contribution in [0.2, 0.25) is 0 Å². The summed E-state index contributed by atoms with van der Waals surface area (Å²) in [7, 11) is 2.25. The molecule has 2 bridgehead atoms. The lowest BCUT2D eigenvalue weighted by Crippen LogP contribution is -2.51. The number of nitrogens with one attached hydrogen (secondary N) is 1. The lowest BCUT2D eigenvalue weighted by Gasteiger charge is -2.47. The highest BCUT2D eigenvalue weighted by atomic mass is 16.4. The number of piperazine rings is 1. The maximum atomic E-state index is 12.6. The van der Waals surface area contributed by atoms with Crippen LogP contribution < -0.4 is 16.0 Å². The first-order valence-corrected chi connectivity index (χ1v) is 11.5. The summed E-state index contributed by atoms with van der Waals surface area (Å²) in [4.78, 5) is 22.2. The van der Waals surface area contributed by atoms with Crippen molar-refractivity contribution < 1.29 is 9.21 Å². The number of piperidine rings is 2. The molecule has 1 amide bonds. The average Bonchev–Trinajstić information content (AvgIpc) is 3.16. The van der Waals surface area contributed by atoms with Crippen molar-refractivity contribution >= 4 is 23.0 Å². The number of carbonyl (C=O) groups excluding carboxylic acids is 1. The Labute approximate surface area is 178 Å². The Morgan fingerprint density at radius 1 is 1.30 bits per heavy atom. The Hall–Kier alpha value is -2.12. The zero-order valence-corrected chi connectivity index (χ0v) is 18.1. The van der Waals surface area contributed by atoms with Crippen molar-refractivity contribution in [3.8, 4) is 0 Å². The fourth-order valence-corrected chi connectivity index (χ4v) is 5.97. The number of benzene rings is 1. The molecule has 2 unspecified atom stereocenters. The van der Waals surface area contributed by atoms with Crippen molar-refractivity contribution in [2.75, 3.05) is 31.6 Å². The van der Waals surface area contributed by atoms with Gasteiger partial charge in [-0.1, -0.05) is 19.4 Å². The van der Waals surface area contributed by atoms with Crippen molar-refractivity contribution in [2.45, 2.75) is 69.5 Å². The van der Waals surface area contributed by atoms with E-state index >= 15 is 0 Å². The fourth-order valence-electron chi connectivity index (χ4n) is 5.97. The van der Waals surface area contributed by atoms with E-state index in [1.165, 1.54) is 19.3 Å². The molecule has 3 atom stereocenters. The monoisotopic (exact) mass is 411 g/mol. The van der Waals surface area contributed by atoms with Crippen LogP contribution in [0.5, 0.6) is 0 Å². The normalized spacial score (nSPS) is 30.0. The van der Waals surface area contributed by atoms with Gasteiger partial charge in [-0.15, -0.1) is 0 Å². The molecular weight excluding hydrogens is 378 g/mol. The summed E-state index contributed by atoms with van der Waals surface area (Å²) in [6.45, 7) is 4.85. The second-order valence-corrected chi connectivity index (χ2v) is 9.27. The molecule has 7 nitrogen and oxygen atoms in total. The van der Waals surface area contributed by atoms with Crippen LogP contribution in [0, 0.1) is 0 Å². The fraction of sp³-hybridized carbons (Fsp3) is 0.652. The zero-order valence-electron chi connectivity index (χ0n) is 18.1. The maximum absolute atomic E-state index is 12.6. The minimum Gasteiger partial charge on any atom is -0.423 e. The minimum absolute atomic E-state index is 0.344. The standard InChI is InChI=1S/C23H33N5O2/c1-3-15-13-25-9-10-28(15)23-26-21-19(30-23)8-7-18(20(21)22(24)29)14-11-16-5-4-6-17(12-14)27(16)2/h7-8,14-17,25H,3-6,9-13H2,1-2H3,(H2,24,29)/t14?,15-,16?,17?/m0/s1. The van der Waals surface area contributed by atoms with E-state index in [9.17, 15) is 4.79 Å². The van der Waals surface area contributed by atoms with Gasteiger partial charge in [0.05, 0.1) is 5.56 Å². The summed E-state index contributed by atoms with van der Waals surface area (Å²) in [5.41, 5.74) is 8.84. The zero-order chi connectivity index (χ0) is 20.8. The molecule has 0 spiro atoms. The lowest BCUT2D eigenvalue weighted by atomic mass is 9.75. The highest BCUT2D eigenvalue weighted by molar-refractivity contribution is 6.05. The van der Waals surface area contributed by atoms with Crippen LogP contribution >= 0.6 is 0 Å². The van der Waals surface area contributed by atoms with Gasteiger partial charge < -0.3 is 25.3 Å². The van der Waals surface area contributed by atoms with Crippen LogP contribution in [0.25, 0.3) is 11.1 Å². The van der Waals surface area contributed by atoms with Crippen molar-refractivity contribution in [2.24, 2.45) is 5.73 Å². The number of anilines is 1. The molecule has 3 saturated heterocycles. The molecule has 30 heavy (non-hydrogen) atoms. The number of rotatable bonds is 4. The van der Waals surface area contributed by atoms with Gasteiger partial charge in [-0.05, 0) is 56.7 Å². The molecule has 7 heteroatoms. The maximum Gasteiger partial charge on any atom is 0.298 e. The molecule has 0 aliphatic carbocycles. The summed E-state index contributed by atoms with van der Waals surface area (Å²) in [6, 6.07) is 6.20. The molecule has 5 rings (SSSR count). The van der Waals surface area contributed by atoms with Gasteiger partial charge in [-0.2, -0.15) is 4.98 Å². The molecule has 0 radical (unpaired) electrons. The van der Waals surface area contributed by atoms with Crippen molar-refractivity contribution in [3.63, 3.8) is 0 Å². The second-order valence-electron chi connectivity index (χ2n) is 9.27. The highest BCUT2D eigenvalue weighted by Crippen LogP contribution is 2.43. The van der Waals surface area contributed by atoms with E-state index in [0.29, 0.717) is 46.7 Å². The summed E-state index contributed by atoms with van der Waals surface area (Å²) in [5.74, 6) is -0.0435. The third-order valence-electron chi connectivity index (χ3n) is 7.68. The number of oxazole rings is 1. The van der Waals surface area contributed by atoms with Crippen molar-refractivity contribution in [3.05, 3.63) is 23.3 Å². The van der Waals surface area contributed by atoms with E-state index in [4.69, 9.17) is 15.1 Å². The van der Waals surface area contributed by atoms with Gasteiger partial charge in [-0.25, -0.2) is 0 Å². The first-order chi connectivity index (χ1) is 14.6. The SMILES string of the molecule is CC[C@H]1CNCCN1c1nc2c(C(N)=O)c(C3CC4CCCC(C3)N4C)ccc2o1. The molecule has 2 aromatic rings. The van der Waals surface area contributed by atoms with Crippen LogP contribution in [-0.2, 0) is 0 Å². The molecule has 3 aliphatic heterocycles. The molecule has 162 valence electrons. The van der Waals surface area contributed by atoms with E-state index in [0.717, 1.165) is 44.5 Å². The third kappa shape index (κ3) is 3.28. The topological polar surface area (TPSA) is 87.6 Å². The van der Waals surface area contributed by atoms with Gasteiger partial charge >= 0.3 is 0 Å². The average molecular weight is 412 g/mol. The Balaban J connectivity index is 1.54. The molecule has 3 N–H and O–H groups in total. The Bertz CT molecular complexity index is 927. The molecule has 0 saturated carbocycles. The van der Waals surface area contributed by atoms with E-state index in [1.807, 2.05) is 6.07 Å². The largest absolute Gasteiger partial charge is 0.423 e. The first-order valence-electron chi connectivity index (χ1n) is 11.5. The summed E-state index contributed by atoms with van der Waals surface area (Å²) in [5, 5.41) is 3.43. The number of primary amides is 1. The third-order valence-corrected chi connectivity index (χ3v) is 7.68. The summed E-state index contributed by atoms with van der Waals surface area (Å²) < 4.78 is 6.14. The molecule has 4 heterocycles. The molecular formula is C23H33N5O2. The number of carbonyl (C=O) groups is 1. The van der Waals surface area contributed by atoms with Crippen molar-refractivity contribution in [1.29, 1.82) is 0 Å². The van der Waals surface area contributed by atoms with E-state index < -0.39 is 5.91 Å². The highest BCUT2D eigenvalue weighted by Gasteiger charge is 2.38. The Morgan fingerprint density at radius 2 is 2.07 bits per heavy atom. The Kier molecular flexibility index (Phi) is 5.19. The van der Waals surface area contributed by atoms with Gasteiger partial charge in [0.2, 0.25) is 0 Å². The molecule has 1 aromatic carbocycles. The second kappa shape index (κ2) is 7.85. The van der Waals surface area contributed by atoms with Gasteiger partial charge in [0, 0.05) is 37.8 Å². The first kappa shape index (κ1) is 19.8. The minimum atomic E-state index is -0.396. The van der Waals surface area contributed by atoms with Gasteiger partial charge in [0.15, 0.2) is 5.58 Å². The molecule has 3 fully saturated rings. The van der Waals surface area contributed by atoms with Gasteiger partial charge in [0.25, 0.3) is 11.9 Å². The number of fused-ring (bicyclic) bond motifs is 3. The van der Waals surface area contributed by atoms with Crippen molar-refractivity contribution in [1.82, 2.24) is 15.2 Å². The quantitative estimate of drug-likeness (QED) is 0.804. The van der Waals surface area contributed by atoms with Crippen LogP contribution in [0.4, 0.5) is 6.01 Å².